The van der Waals surface area contributed by atoms with Crippen molar-refractivity contribution >= 4 is 19.9 Å². The minimum atomic E-state index is -1.88. The van der Waals surface area contributed by atoms with Gasteiger partial charge in [-0.25, -0.2) is 0 Å². The van der Waals surface area contributed by atoms with Crippen molar-refractivity contribution < 1.29 is 9.22 Å². The maximum atomic E-state index is 13.2. The first-order valence-electron chi connectivity index (χ1n) is 10.0. The van der Waals surface area contributed by atoms with E-state index in [4.69, 9.17) is 4.43 Å². The topological polar surface area (TPSA) is 26.3 Å². The molecule has 0 heterocycles. The van der Waals surface area contributed by atoms with E-state index in [1.165, 1.54) is 16.7 Å². The summed E-state index contributed by atoms with van der Waals surface area (Å²) in [4.78, 5) is 13.2. The predicted octanol–water partition coefficient (Wildman–Crippen LogP) is 6.11. The molecule has 0 spiro atoms. The summed E-state index contributed by atoms with van der Waals surface area (Å²) >= 11 is 0. The van der Waals surface area contributed by atoms with E-state index in [-0.39, 0.29) is 16.8 Å². The number of benzene rings is 1. The van der Waals surface area contributed by atoms with Crippen molar-refractivity contribution in [2.45, 2.75) is 77.9 Å². The molecule has 3 heteroatoms. The van der Waals surface area contributed by atoms with Crippen LogP contribution in [-0.2, 0) is 21.1 Å². The van der Waals surface area contributed by atoms with Crippen molar-refractivity contribution in [3.63, 3.8) is 0 Å². The lowest BCUT2D eigenvalue weighted by molar-refractivity contribution is -0.155. The third-order valence-electron chi connectivity index (χ3n) is 6.71. The molecule has 0 amide bonds. The van der Waals surface area contributed by atoms with Crippen LogP contribution in [0, 0.1) is 11.3 Å². The van der Waals surface area contributed by atoms with Crippen molar-refractivity contribution in [3.8, 4) is 0 Å². The second-order valence-corrected chi connectivity index (χ2v) is 14.4. The molecule has 3 rings (SSSR count). The molecule has 0 bridgehead atoms. The van der Waals surface area contributed by atoms with E-state index in [9.17, 15) is 4.79 Å². The van der Waals surface area contributed by atoms with Crippen molar-refractivity contribution in [2.24, 2.45) is 11.3 Å². The number of carbonyl (C=O) groups excluding carboxylic acids is 1. The first-order chi connectivity index (χ1) is 12.0. The Bertz CT molecular complexity index is 745. The zero-order valence-corrected chi connectivity index (χ0v) is 18.4. The number of allylic oxidation sites excluding steroid dienone is 1. The predicted molar refractivity (Wildman–Crippen MR) is 112 cm³/mol. The van der Waals surface area contributed by atoms with Gasteiger partial charge in [-0.3, -0.25) is 4.79 Å². The highest BCUT2D eigenvalue weighted by molar-refractivity contribution is 6.71. The zero-order valence-electron chi connectivity index (χ0n) is 17.4. The monoisotopic (exact) mass is 370 g/mol. The van der Waals surface area contributed by atoms with Gasteiger partial charge in [0.2, 0.25) is 8.32 Å². The summed E-state index contributed by atoms with van der Waals surface area (Å²) in [5.41, 5.74) is 4.96. The average Bonchev–Trinajstić information content (AvgIpc) is 2.52. The molecule has 1 aromatic rings. The fourth-order valence-corrected chi connectivity index (χ4v) is 6.19. The van der Waals surface area contributed by atoms with Crippen LogP contribution in [0.4, 0.5) is 0 Å². The lowest BCUT2D eigenvalue weighted by atomic mass is 9.50. The number of aryl methyl sites for hydroxylation is 1. The summed E-state index contributed by atoms with van der Waals surface area (Å²) in [6.45, 7) is 17.0. The van der Waals surface area contributed by atoms with Crippen LogP contribution in [0.15, 0.2) is 24.8 Å². The standard InChI is InChI=1S/C23H34O2Si/c1-16(2)17-9-11-19-18(15-17)10-12-20-22(19,3)13-8-14-23(20,4)21(24)25-26(5,6)7/h9,11,15,20H,1,8,10,12-14H2,2-7H3/t20?,22-,23-/m1/s1. The summed E-state index contributed by atoms with van der Waals surface area (Å²) in [6.07, 6.45) is 5.32. The van der Waals surface area contributed by atoms with Gasteiger partial charge in [0.1, 0.15) is 0 Å². The van der Waals surface area contributed by atoms with Gasteiger partial charge in [0.05, 0.1) is 5.41 Å². The summed E-state index contributed by atoms with van der Waals surface area (Å²) in [5, 5.41) is 0. The summed E-state index contributed by atoms with van der Waals surface area (Å²) in [5.74, 6) is 0.408. The van der Waals surface area contributed by atoms with Crippen LogP contribution < -0.4 is 0 Å². The quantitative estimate of drug-likeness (QED) is 0.600. The Morgan fingerprint density at radius 1 is 1.23 bits per heavy atom. The third-order valence-corrected chi connectivity index (χ3v) is 7.51. The number of rotatable bonds is 3. The Balaban J connectivity index is 2.00. The number of hydrogen-bond acceptors (Lipinski definition) is 2. The molecule has 1 aromatic carbocycles. The second-order valence-electron chi connectivity index (χ2n) is 9.93. The molecule has 1 fully saturated rings. The van der Waals surface area contributed by atoms with E-state index < -0.39 is 8.32 Å². The third kappa shape index (κ3) is 3.19. The van der Waals surface area contributed by atoms with Crippen molar-refractivity contribution in [1.29, 1.82) is 0 Å². The molecule has 2 aliphatic carbocycles. The first kappa shape index (κ1) is 19.4. The Morgan fingerprint density at radius 3 is 2.54 bits per heavy atom. The number of fused-ring (bicyclic) bond motifs is 3. The maximum Gasteiger partial charge on any atom is 0.298 e. The molecule has 0 aromatic heterocycles. The second kappa shape index (κ2) is 6.37. The van der Waals surface area contributed by atoms with E-state index in [1.54, 1.807) is 0 Å². The number of hydrogen-bond donors (Lipinski definition) is 0. The van der Waals surface area contributed by atoms with Gasteiger partial charge >= 0.3 is 0 Å². The van der Waals surface area contributed by atoms with Crippen LogP contribution in [-0.4, -0.2) is 14.3 Å². The van der Waals surface area contributed by atoms with Gasteiger partial charge in [-0.1, -0.05) is 43.7 Å². The Hall–Kier alpha value is -1.35. The van der Waals surface area contributed by atoms with Gasteiger partial charge in [-0.15, -0.1) is 0 Å². The Morgan fingerprint density at radius 2 is 1.92 bits per heavy atom. The molecule has 2 aliphatic rings. The number of carbonyl (C=O) groups is 1. The lowest BCUT2D eigenvalue weighted by Crippen LogP contribution is -2.54. The maximum absolute atomic E-state index is 13.2. The molecule has 0 radical (unpaired) electrons. The Kier molecular flexibility index (Phi) is 4.75. The molecule has 1 unspecified atom stereocenters. The van der Waals surface area contributed by atoms with Crippen LogP contribution in [0.2, 0.25) is 19.6 Å². The van der Waals surface area contributed by atoms with Crippen LogP contribution in [0.3, 0.4) is 0 Å². The van der Waals surface area contributed by atoms with Crippen LogP contribution in [0.5, 0.6) is 0 Å². The van der Waals surface area contributed by atoms with Crippen LogP contribution in [0.25, 0.3) is 5.57 Å². The SMILES string of the molecule is C=C(C)c1ccc2c(c1)CCC1[C@](C)(C(=O)O[Si](C)(C)C)CCC[C@]21C. The Labute approximate surface area is 160 Å². The largest absolute Gasteiger partial charge is 0.519 e. The molecule has 0 aliphatic heterocycles. The van der Waals surface area contributed by atoms with Gasteiger partial charge in [-0.2, -0.15) is 0 Å². The van der Waals surface area contributed by atoms with Gasteiger partial charge in [0.15, 0.2) is 0 Å². The van der Waals surface area contributed by atoms with E-state index >= 15 is 0 Å². The normalized spacial score (nSPS) is 30.9. The van der Waals surface area contributed by atoms with Crippen molar-refractivity contribution in [1.82, 2.24) is 0 Å². The minimum Gasteiger partial charge on any atom is -0.519 e. The fraction of sp³-hybridized carbons (Fsp3) is 0.609. The summed E-state index contributed by atoms with van der Waals surface area (Å²) in [6, 6.07) is 6.84. The van der Waals surface area contributed by atoms with Crippen LogP contribution >= 0.6 is 0 Å². The molecule has 3 atom stereocenters. The lowest BCUT2D eigenvalue weighted by Gasteiger charge is -2.54. The molecule has 142 valence electrons. The van der Waals surface area contributed by atoms with E-state index in [0.717, 1.165) is 37.7 Å². The molecule has 0 saturated heterocycles. The van der Waals surface area contributed by atoms with Crippen LogP contribution in [0.1, 0.15) is 63.1 Å². The van der Waals surface area contributed by atoms with E-state index in [2.05, 4.69) is 65.2 Å². The molecule has 26 heavy (non-hydrogen) atoms. The van der Waals surface area contributed by atoms with Crippen molar-refractivity contribution in [2.75, 3.05) is 0 Å². The zero-order chi connectivity index (χ0) is 19.3. The fourth-order valence-electron chi connectivity index (χ4n) is 5.40. The van der Waals surface area contributed by atoms with Gasteiger partial charge < -0.3 is 4.43 Å². The molecule has 1 saturated carbocycles. The van der Waals surface area contributed by atoms with E-state index in [0.29, 0.717) is 5.92 Å². The molecule has 2 nitrogen and oxygen atoms in total. The molecule has 0 N–H and O–H groups in total. The van der Waals surface area contributed by atoms with Gasteiger partial charge in [-0.05, 0) is 87.2 Å². The molecular weight excluding hydrogens is 336 g/mol. The molecular formula is C23H34O2Si. The van der Waals surface area contributed by atoms with E-state index in [1.807, 2.05) is 0 Å². The highest BCUT2D eigenvalue weighted by Gasteiger charge is 2.56. The highest BCUT2D eigenvalue weighted by atomic mass is 28.4. The average molecular weight is 371 g/mol. The first-order valence-corrected chi connectivity index (χ1v) is 13.4. The summed E-state index contributed by atoms with van der Waals surface area (Å²) in [7, 11) is -1.88. The van der Waals surface area contributed by atoms with Gasteiger partial charge in [0.25, 0.3) is 5.97 Å². The van der Waals surface area contributed by atoms with Gasteiger partial charge in [0, 0.05) is 0 Å². The minimum absolute atomic E-state index is 0.0506. The smallest absolute Gasteiger partial charge is 0.298 e. The summed E-state index contributed by atoms with van der Waals surface area (Å²) < 4.78 is 6.00. The highest BCUT2D eigenvalue weighted by Crippen LogP contribution is 2.57. The van der Waals surface area contributed by atoms with Crippen molar-refractivity contribution in [3.05, 3.63) is 41.5 Å².